The number of carbonyl (C=O) groups excluding carboxylic acids is 2. The number of aromatic nitrogens is 2. The number of thiophene rings is 1. The lowest BCUT2D eigenvalue weighted by molar-refractivity contribution is -0.113. The lowest BCUT2D eigenvalue weighted by atomic mass is 9.88. The van der Waals surface area contributed by atoms with Crippen molar-refractivity contribution in [2.75, 3.05) is 17.7 Å². The van der Waals surface area contributed by atoms with Gasteiger partial charge in [0.25, 0.3) is 5.22 Å². The second-order valence-corrected chi connectivity index (χ2v) is 9.38. The van der Waals surface area contributed by atoms with Crippen molar-refractivity contribution in [3.05, 3.63) is 46.3 Å². The fraction of sp³-hybridized carbons (Fsp3) is 0.364. The number of carbonyl (C=O) groups is 2. The fourth-order valence-corrected chi connectivity index (χ4v) is 5.49. The minimum Gasteiger partial charge on any atom is -0.462 e. The molecule has 2 heterocycles. The number of rotatable bonds is 7. The van der Waals surface area contributed by atoms with Crippen LogP contribution < -0.4 is 5.32 Å². The van der Waals surface area contributed by atoms with Crippen molar-refractivity contribution in [2.24, 2.45) is 5.92 Å². The van der Waals surface area contributed by atoms with E-state index in [2.05, 4.69) is 22.4 Å². The first-order chi connectivity index (χ1) is 15.0. The van der Waals surface area contributed by atoms with E-state index in [0.29, 0.717) is 34.2 Å². The number of nitrogens with zero attached hydrogens (tertiary/aromatic N) is 2. The number of hydrogen-bond donors (Lipinski definition) is 1. The predicted molar refractivity (Wildman–Crippen MR) is 121 cm³/mol. The Morgan fingerprint density at radius 1 is 1.29 bits per heavy atom. The van der Waals surface area contributed by atoms with E-state index in [1.54, 1.807) is 6.92 Å². The van der Waals surface area contributed by atoms with Crippen LogP contribution in [0, 0.1) is 5.92 Å². The molecule has 162 valence electrons. The van der Waals surface area contributed by atoms with Crippen LogP contribution in [0.4, 0.5) is 5.00 Å². The maximum Gasteiger partial charge on any atom is 0.341 e. The van der Waals surface area contributed by atoms with Crippen LogP contribution in [0.15, 0.2) is 40.0 Å². The van der Waals surface area contributed by atoms with Crippen molar-refractivity contribution in [1.82, 2.24) is 10.2 Å². The maximum atomic E-state index is 12.6. The molecule has 9 heteroatoms. The Morgan fingerprint density at radius 3 is 2.87 bits per heavy atom. The molecular formula is C22H23N3O4S2. The largest absolute Gasteiger partial charge is 0.462 e. The molecular weight excluding hydrogens is 434 g/mol. The number of hydrogen-bond acceptors (Lipinski definition) is 8. The summed E-state index contributed by atoms with van der Waals surface area (Å²) >= 11 is 2.64. The van der Waals surface area contributed by atoms with Gasteiger partial charge in [0, 0.05) is 10.4 Å². The number of benzene rings is 1. The van der Waals surface area contributed by atoms with Crippen LogP contribution in [0.5, 0.6) is 0 Å². The van der Waals surface area contributed by atoms with Crippen molar-refractivity contribution in [2.45, 2.75) is 38.3 Å². The monoisotopic (exact) mass is 457 g/mol. The quantitative estimate of drug-likeness (QED) is 0.401. The summed E-state index contributed by atoms with van der Waals surface area (Å²) in [5.41, 5.74) is 2.36. The molecule has 0 spiro atoms. The number of amides is 1. The van der Waals surface area contributed by atoms with Crippen molar-refractivity contribution >= 4 is 40.0 Å². The van der Waals surface area contributed by atoms with Crippen LogP contribution in [-0.4, -0.2) is 34.4 Å². The summed E-state index contributed by atoms with van der Waals surface area (Å²) in [6.07, 6.45) is 2.78. The summed E-state index contributed by atoms with van der Waals surface area (Å²) in [5, 5.41) is 11.8. The molecule has 0 saturated heterocycles. The molecule has 1 atom stereocenters. The maximum absolute atomic E-state index is 12.6. The molecule has 1 aromatic carbocycles. The lowest BCUT2D eigenvalue weighted by Gasteiger charge is -2.18. The first kappa shape index (κ1) is 21.6. The number of fused-ring (bicyclic) bond motifs is 1. The van der Waals surface area contributed by atoms with E-state index in [1.165, 1.54) is 11.3 Å². The molecule has 1 N–H and O–H groups in total. The third-order valence-electron chi connectivity index (χ3n) is 5.00. The van der Waals surface area contributed by atoms with Gasteiger partial charge in [-0.15, -0.1) is 21.5 Å². The van der Waals surface area contributed by atoms with Crippen LogP contribution in [0.3, 0.4) is 0 Å². The molecule has 31 heavy (non-hydrogen) atoms. The summed E-state index contributed by atoms with van der Waals surface area (Å²) in [6.45, 7) is 4.28. The van der Waals surface area contributed by atoms with Gasteiger partial charge in [0.05, 0.1) is 17.9 Å². The Labute approximate surface area is 188 Å². The van der Waals surface area contributed by atoms with Crippen LogP contribution in [-0.2, 0) is 22.4 Å². The first-order valence-electron chi connectivity index (χ1n) is 10.2. The number of ether oxygens (including phenoxy) is 1. The minimum atomic E-state index is -0.373. The molecule has 1 aliphatic rings. The van der Waals surface area contributed by atoms with Gasteiger partial charge in [-0.1, -0.05) is 36.9 Å². The standard InChI is InChI=1S/C22H23N3O4S2/c1-3-28-21(27)18-15-10-9-13(2)11-16(15)31-20(18)23-17(26)12-30-22-25-24-19(29-22)14-7-5-4-6-8-14/h4-8,13H,3,9-12H2,1-2H3,(H,23,26)/t13-/m1/s1. The predicted octanol–water partition coefficient (Wildman–Crippen LogP) is 4.83. The summed E-state index contributed by atoms with van der Waals surface area (Å²) in [7, 11) is 0. The highest BCUT2D eigenvalue weighted by molar-refractivity contribution is 7.99. The Kier molecular flexibility index (Phi) is 6.72. The topological polar surface area (TPSA) is 94.3 Å². The average Bonchev–Trinajstić information content (AvgIpc) is 3.37. The van der Waals surface area contributed by atoms with E-state index in [-0.39, 0.29) is 17.6 Å². The molecule has 0 aliphatic heterocycles. The van der Waals surface area contributed by atoms with Crippen LogP contribution in [0.1, 0.15) is 41.1 Å². The zero-order chi connectivity index (χ0) is 21.8. The lowest BCUT2D eigenvalue weighted by Crippen LogP contribution is -2.17. The van der Waals surface area contributed by atoms with Crippen molar-refractivity contribution in [3.8, 4) is 11.5 Å². The summed E-state index contributed by atoms with van der Waals surface area (Å²) in [5.74, 6) is 0.464. The van der Waals surface area contributed by atoms with Gasteiger partial charge in [-0.3, -0.25) is 4.79 Å². The smallest absolute Gasteiger partial charge is 0.341 e. The highest BCUT2D eigenvalue weighted by atomic mass is 32.2. The van der Waals surface area contributed by atoms with Crippen LogP contribution >= 0.6 is 23.1 Å². The zero-order valence-corrected chi connectivity index (χ0v) is 19.0. The van der Waals surface area contributed by atoms with Gasteiger partial charge in [0.1, 0.15) is 5.00 Å². The Hall–Kier alpha value is -2.65. The zero-order valence-electron chi connectivity index (χ0n) is 17.3. The average molecular weight is 458 g/mol. The molecule has 0 saturated carbocycles. The van der Waals surface area contributed by atoms with Gasteiger partial charge in [-0.25, -0.2) is 4.79 Å². The van der Waals surface area contributed by atoms with Crippen molar-refractivity contribution < 1.29 is 18.7 Å². The number of esters is 1. The van der Waals surface area contributed by atoms with E-state index in [1.807, 2.05) is 30.3 Å². The van der Waals surface area contributed by atoms with Crippen LogP contribution in [0.25, 0.3) is 11.5 Å². The molecule has 0 bridgehead atoms. The molecule has 4 rings (SSSR count). The van der Waals surface area contributed by atoms with E-state index < -0.39 is 0 Å². The molecule has 7 nitrogen and oxygen atoms in total. The Bertz CT molecular complexity index is 1080. The van der Waals surface area contributed by atoms with Crippen molar-refractivity contribution in [3.63, 3.8) is 0 Å². The molecule has 3 aromatic rings. The molecule has 0 unspecified atom stereocenters. The Morgan fingerprint density at radius 2 is 2.10 bits per heavy atom. The van der Waals surface area contributed by atoms with E-state index in [4.69, 9.17) is 9.15 Å². The van der Waals surface area contributed by atoms with E-state index in [0.717, 1.165) is 47.0 Å². The van der Waals surface area contributed by atoms with Crippen LogP contribution in [0.2, 0.25) is 0 Å². The number of anilines is 1. The summed E-state index contributed by atoms with van der Waals surface area (Å²) in [4.78, 5) is 26.3. The normalized spacial score (nSPS) is 15.4. The second-order valence-electron chi connectivity index (χ2n) is 7.35. The van der Waals surface area contributed by atoms with Gasteiger partial charge in [0.15, 0.2) is 0 Å². The van der Waals surface area contributed by atoms with Gasteiger partial charge >= 0.3 is 5.97 Å². The molecule has 2 aromatic heterocycles. The van der Waals surface area contributed by atoms with Crippen molar-refractivity contribution in [1.29, 1.82) is 0 Å². The highest BCUT2D eigenvalue weighted by Gasteiger charge is 2.29. The highest BCUT2D eigenvalue weighted by Crippen LogP contribution is 2.40. The Balaban J connectivity index is 1.44. The fourth-order valence-electron chi connectivity index (χ4n) is 3.51. The third-order valence-corrected chi connectivity index (χ3v) is 6.99. The summed E-state index contributed by atoms with van der Waals surface area (Å²) in [6, 6.07) is 9.45. The van der Waals surface area contributed by atoms with E-state index >= 15 is 0 Å². The van der Waals surface area contributed by atoms with Gasteiger partial charge in [-0.2, -0.15) is 0 Å². The number of nitrogens with one attached hydrogen (secondary N) is 1. The molecule has 1 aliphatic carbocycles. The molecule has 1 amide bonds. The molecule has 0 fully saturated rings. The SMILES string of the molecule is CCOC(=O)c1c(NC(=O)CSc2nnc(-c3ccccc3)o2)sc2c1CC[C@@H](C)C2. The minimum absolute atomic E-state index is 0.0949. The third kappa shape index (κ3) is 4.99. The van der Waals surface area contributed by atoms with Gasteiger partial charge < -0.3 is 14.5 Å². The first-order valence-corrected chi connectivity index (χ1v) is 12.0. The second kappa shape index (κ2) is 9.65. The van der Waals surface area contributed by atoms with Gasteiger partial charge in [-0.05, 0) is 49.8 Å². The van der Waals surface area contributed by atoms with E-state index in [9.17, 15) is 9.59 Å². The summed E-state index contributed by atoms with van der Waals surface area (Å²) < 4.78 is 10.9. The van der Waals surface area contributed by atoms with Gasteiger partial charge in [0.2, 0.25) is 11.8 Å². The molecule has 0 radical (unpaired) electrons. The number of thioether (sulfide) groups is 1.